The minimum absolute atomic E-state index is 0.0203. The average Bonchev–Trinajstić information content (AvgIpc) is 2.93. The van der Waals surface area contributed by atoms with Crippen LogP contribution in [0.2, 0.25) is 0 Å². The van der Waals surface area contributed by atoms with E-state index in [1.54, 1.807) is 12.1 Å². The Hall–Kier alpha value is -3.62. The average molecular weight is 598 g/mol. The minimum atomic E-state index is -4.63. The Balaban J connectivity index is 1.40. The quantitative estimate of drug-likeness (QED) is 0.393. The number of sulfonamides is 2. The van der Waals surface area contributed by atoms with Crippen LogP contribution < -0.4 is 14.8 Å². The standard InChI is InChI=1S/C26H26F3N3O6S2/c1-38-22-9-13-24(14-10-22)40(36,37)32-15-3-4-18(17-32)25(33)30-20-7-11-23(12-8-20)39(34,35)31-21-6-2-5-19(16-21)26(27,28)29/h2,5-14,16,18,31H,3-4,15,17H2,1H3,(H,30,33). The van der Waals surface area contributed by atoms with Crippen molar-refractivity contribution < 1.29 is 39.5 Å². The van der Waals surface area contributed by atoms with Crippen LogP contribution >= 0.6 is 0 Å². The molecular weight excluding hydrogens is 571 g/mol. The largest absolute Gasteiger partial charge is 0.497 e. The van der Waals surface area contributed by atoms with Crippen LogP contribution in [0.3, 0.4) is 0 Å². The number of rotatable bonds is 8. The molecule has 1 amide bonds. The molecule has 0 saturated carbocycles. The zero-order chi connectivity index (χ0) is 29.1. The summed E-state index contributed by atoms with van der Waals surface area (Å²) < 4.78 is 98.8. The fourth-order valence-corrected chi connectivity index (χ4v) is 6.78. The molecule has 1 heterocycles. The van der Waals surface area contributed by atoms with E-state index in [4.69, 9.17) is 4.74 Å². The van der Waals surface area contributed by atoms with E-state index >= 15 is 0 Å². The summed E-state index contributed by atoms with van der Waals surface area (Å²) in [5.74, 6) is -0.541. The first kappa shape index (κ1) is 29.4. The first-order valence-corrected chi connectivity index (χ1v) is 15.0. The molecule has 2 N–H and O–H groups in total. The van der Waals surface area contributed by atoms with E-state index in [1.165, 1.54) is 53.9 Å². The van der Waals surface area contributed by atoms with Crippen molar-refractivity contribution in [3.8, 4) is 5.75 Å². The highest BCUT2D eigenvalue weighted by Gasteiger charge is 2.34. The molecule has 1 unspecified atom stereocenters. The molecule has 214 valence electrons. The minimum Gasteiger partial charge on any atom is -0.497 e. The Morgan fingerprint density at radius 1 is 0.925 bits per heavy atom. The van der Waals surface area contributed by atoms with Crippen LogP contribution in [0.1, 0.15) is 18.4 Å². The van der Waals surface area contributed by atoms with Gasteiger partial charge in [0, 0.05) is 24.5 Å². The summed E-state index contributed by atoms with van der Waals surface area (Å²) in [6.45, 7) is 0.247. The lowest BCUT2D eigenvalue weighted by molar-refractivity contribution is -0.137. The van der Waals surface area contributed by atoms with Crippen molar-refractivity contribution >= 4 is 37.3 Å². The number of alkyl halides is 3. The van der Waals surface area contributed by atoms with E-state index in [-0.39, 0.29) is 34.3 Å². The first-order valence-electron chi connectivity index (χ1n) is 12.0. The molecule has 14 heteroatoms. The number of halogens is 3. The van der Waals surface area contributed by atoms with Crippen LogP contribution in [-0.2, 0) is 31.0 Å². The topological polar surface area (TPSA) is 122 Å². The molecule has 3 aromatic rings. The van der Waals surface area contributed by atoms with Gasteiger partial charge in [0.2, 0.25) is 15.9 Å². The SMILES string of the molecule is COc1ccc(S(=O)(=O)N2CCCC(C(=O)Nc3ccc(S(=O)(=O)Nc4cccc(C(F)(F)F)c4)cc3)C2)cc1. The monoisotopic (exact) mass is 597 g/mol. The molecule has 1 atom stereocenters. The highest BCUT2D eigenvalue weighted by atomic mass is 32.2. The molecule has 3 aromatic carbocycles. The van der Waals surface area contributed by atoms with Crippen molar-refractivity contribution in [2.24, 2.45) is 5.92 Å². The van der Waals surface area contributed by atoms with Crippen molar-refractivity contribution in [2.75, 3.05) is 30.2 Å². The van der Waals surface area contributed by atoms with Crippen molar-refractivity contribution in [3.05, 3.63) is 78.4 Å². The number of methoxy groups -OCH3 is 1. The van der Waals surface area contributed by atoms with Gasteiger partial charge < -0.3 is 10.1 Å². The van der Waals surface area contributed by atoms with Crippen molar-refractivity contribution in [2.45, 2.75) is 28.8 Å². The number of carbonyl (C=O) groups is 1. The molecule has 0 aliphatic carbocycles. The number of ether oxygens (including phenoxy) is 1. The Bertz CT molecular complexity index is 1580. The normalized spacial score (nSPS) is 16.8. The van der Waals surface area contributed by atoms with Crippen LogP contribution in [0, 0.1) is 5.92 Å². The Kier molecular flexibility index (Phi) is 8.42. The van der Waals surface area contributed by atoms with Gasteiger partial charge >= 0.3 is 6.18 Å². The third-order valence-electron chi connectivity index (χ3n) is 6.33. The molecule has 40 heavy (non-hydrogen) atoms. The van der Waals surface area contributed by atoms with E-state index in [1.807, 2.05) is 0 Å². The number of piperidine rings is 1. The summed E-state index contributed by atoms with van der Waals surface area (Å²) in [6, 6.07) is 14.9. The number of carbonyl (C=O) groups excluding carboxylic acids is 1. The van der Waals surface area contributed by atoms with Crippen LogP contribution in [0.5, 0.6) is 5.75 Å². The van der Waals surface area contributed by atoms with E-state index in [9.17, 15) is 34.8 Å². The second-order valence-electron chi connectivity index (χ2n) is 9.08. The van der Waals surface area contributed by atoms with E-state index in [2.05, 4.69) is 10.0 Å². The molecule has 0 spiro atoms. The van der Waals surface area contributed by atoms with Crippen molar-refractivity contribution in [1.29, 1.82) is 0 Å². The molecule has 1 aliphatic heterocycles. The lowest BCUT2D eigenvalue weighted by Crippen LogP contribution is -2.43. The van der Waals surface area contributed by atoms with Gasteiger partial charge in [0.05, 0.1) is 28.4 Å². The molecule has 1 saturated heterocycles. The van der Waals surface area contributed by atoms with E-state index in [0.717, 1.165) is 12.1 Å². The fourth-order valence-electron chi connectivity index (χ4n) is 4.21. The van der Waals surface area contributed by atoms with Crippen LogP contribution in [0.4, 0.5) is 24.5 Å². The van der Waals surface area contributed by atoms with E-state index in [0.29, 0.717) is 24.7 Å². The van der Waals surface area contributed by atoms with Gasteiger partial charge in [0.25, 0.3) is 10.0 Å². The lowest BCUT2D eigenvalue weighted by atomic mass is 9.99. The summed E-state index contributed by atoms with van der Waals surface area (Å²) in [5.41, 5.74) is -0.972. The maximum Gasteiger partial charge on any atom is 0.416 e. The maximum absolute atomic E-state index is 13.1. The number of nitrogens with one attached hydrogen (secondary N) is 2. The second-order valence-corrected chi connectivity index (χ2v) is 12.7. The smallest absolute Gasteiger partial charge is 0.416 e. The fraction of sp³-hybridized carbons (Fsp3) is 0.269. The molecule has 1 fully saturated rings. The Morgan fingerprint density at radius 2 is 1.57 bits per heavy atom. The maximum atomic E-state index is 13.1. The highest BCUT2D eigenvalue weighted by Crippen LogP contribution is 2.31. The zero-order valence-electron chi connectivity index (χ0n) is 21.2. The van der Waals surface area contributed by atoms with Gasteiger partial charge in [0.1, 0.15) is 5.75 Å². The summed E-state index contributed by atoms with van der Waals surface area (Å²) in [4.78, 5) is 12.8. The Morgan fingerprint density at radius 3 is 2.20 bits per heavy atom. The molecule has 9 nitrogen and oxygen atoms in total. The summed E-state index contributed by atoms with van der Waals surface area (Å²) in [6.07, 6.45) is -3.68. The number of benzene rings is 3. The molecular formula is C26H26F3N3O6S2. The summed E-state index contributed by atoms with van der Waals surface area (Å²) >= 11 is 0. The number of nitrogens with zero attached hydrogens (tertiary/aromatic N) is 1. The van der Waals surface area contributed by atoms with Crippen LogP contribution in [0.15, 0.2) is 82.6 Å². The van der Waals surface area contributed by atoms with Gasteiger partial charge in [-0.05, 0) is 79.6 Å². The van der Waals surface area contributed by atoms with Gasteiger partial charge in [0.15, 0.2) is 0 Å². The zero-order valence-corrected chi connectivity index (χ0v) is 22.8. The third-order valence-corrected chi connectivity index (χ3v) is 9.60. The van der Waals surface area contributed by atoms with Gasteiger partial charge in [-0.1, -0.05) is 6.07 Å². The van der Waals surface area contributed by atoms with Gasteiger partial charge in [-0.25, -0.2) is 16.8 Å². The number of hydrogen-bond acceptors (Lipinski definition) is 6. The van der Waals surface area contributed by atoms with Crippen LogP contribution in [-0.4, -0.2) is 47.2 Å². The summed E-state index contributed by atoms with van der Waals surface area (Å²) in [5, 5.41) is 2.67. The molecule has 4 rings (SSSR count). The molecule has 0 radical (unpaired) electrons. The predicted octanol–water partition coefficient (Wildman–Crippen LogP) is 4.55. The van der Waals surface area contributed by atoms with Gasteiger partial charge in [-0.15, -0.1) is 0 Å². The number of anilines is 2. The Labute approximate surface area is 230 Å². The highest BCUT2D eigenvalue weighted by molar-refractivity contribution is 7.92. The predicted molar refractivity (Wildman–Crippen MR) is 142 cm³/mol. The molecule has 0 bridgehead atoms. The molecule has 1 aliphatic rings. The molecule has 0 aromatic heterocycles. The second kappa shape index (κ2) is 11.5. The van der Waals surface area contributed by atoms with E-state index < -0.39 is 43.6 Å². The van der Waals surface area contributed by atoms with Crippen molar-refractivity contribution in [3.63, 3.8) is 0 Å². The lowest BCUT2D eigenvalue weighted by Gasteiger charge is -2.31. The van der Waals surface area contributed by atoms with Gasteiger partial charge in [-0.3, -0.25) is 9.52 Å². The third kappa shape index (κ3) is 6.74. The van der Waals surface area contributed by atoms with Gasteiger partial charge in [-0.2, -0.15) is 17.5 Å². The number of hydrogen-bond donors (Lipinski definition) is 2. The number of amides is 1. The summed E-state index contributed by atoms with van der Waals surface area (Å²) in [7, 11) is -6.56. The first-order chi connectivity index (χ1) is 18.8. The van der Waals surface area contributed by atoms with Crippen LogP contribution in [0.25, 0.3) is 0 Å². The van der Waals surface area contributed by atoms with Crippen molar-refractivity contribution in [1.82, 2.24) is 4.31 Å².